The summed E-state index contributed by atoms with van der Waals surface area (Å²) in [6.07, 6.45) is 0. The topological polar surface area (TPSA) is 64.1 Å². The van der Waals surface area contributed by atoms with Crippen LogP contribution in [-0.2, 0) is 9.53 Å². The molecule has 0 spiro atoms. The zero-order valence-corrected chi connectivity index (χ0v) is 12.2. The van der Waals surface area contributed by atoms with Gasteiger partial charge in [0.05, 0.1) is 12.9 Å². The van der Waals surface area contributed by atoms with Gasteiger partial charge in [-0.15, -0.1) is 0 Å². The largest absolute Gasteiger partial charge is 0.468 e. The lowest BCUT2D eigenvalue weighted by Gasteiger charge is -2.13. The first-order valence-electron chi connectivity index (χ1n) is 5.75. The number of aromatic nitrogens is 2. The van der Waals surface area contributed by atoms with E-state index < -0.39 is 0 Å². The standard InChI is InChI=1S/C12H19N3O2S/c1-7(2)10-14-11(13-4)8(3)12(15-10)18-6-9(16)17-5/h7H,6H2,1-5H3,(H,13,14,15). The van der Waals surface area contributed by atoms with E-state index in [4.69, 9.17) is 0 Å². The van der Waals surface area contributed by atoms with Crippen LogP contribution >= 0.6 is 11.8 Å². The van der Waals surface area contributed by atoms with Crippen molar-refractivity contribution in [1.29, 1.82) is 0 Å². The summed E-state index contributed by atoms with van der Waals surface area (Å²) in [5.41, 5.74) is 0.954. The second kappa shape index (κ2) is 6.58. The highest BCUT2D eigenvalue weighted by atomic mass is 32.2. The summed E-state index contributed by atoms with van der Waals surface area (Å²) in [6.45, 7) is 6.02. The molecule has 0 aliphatic carbocycles. The van der Waals surface area contributed by atoms with Crippen molar-refractivity contribution in [2.24, 2.45) is 0 Å². The van der Waals surface area contributed by atoms with E-state index in [1.165, 1.54) is 18.9 Å². The summed E-state index contributed by atoms with van der Waals surface area (Å²) in [7, 11) is 3.21. The van der Waals surface area contributed by atoms with Crippen LogP contribution in [0.5, 0.6) is 0 Å². The van der Waals surface area contributed by atoms with Crippen molar-refractivity contribution in [1.82, 2.24) is 9.97 Å². The summed E-state index contributed by atoms with van der Waals surface area (Å²) in [6, 6.07) is 0. The van der Waals surface area contributed by atoms with E-state index in [9.17, 15) is 4.79 Å². The third-order valence-corrected chi connectivity index (χ3v) is 3.48. The van der Waals surface area contributed by atoms with E-state index in [-0.39, 0.29) is 17.6 Å². The molecule has 100 valence electrons. The molecule has 0 aliphatic heterocycles. The fraction of sp³-hybridized carbons (Fsp3) is 0.583. The van der Waals surface area contributed by atoms with E-state index in [1.54, 1.807) is 0 Å². The molecule has 1 rings (SSSR count). The van der Waals surface area contributed by atoms with Crippen molar-refractivity contribution in [2.45, 2.75) is 31.7 Å². The Labute approximate surface area is 112 Å². The number of nitrogens with one attached hydrogen (secondary N) is 1. The van der Waals surface area contributed by atoms with Gasteiger partial charge < -0.3 is 10.1 Å². The minimum absolute atomic E-state index is 0.246. The number of ether oxygens (including phenoxy) is 1. The van der Waals surface area contributed by atoms with Crippen LogP contribution in [-0.4, -0.2) is 35.8 Å². The lowest BCUT2D eigenvalue weighted by Crippen LogP contribution is -2.08. The molecule has 1 aromatic heterocycles. The van der Waals surface area contributed by atoms with Gasteiger partial charge in [-0.1, -0.05) is 25.6 Å². The van der Waals surface area contributed by atoms with Crippen LogP contribution in [0.25, 0.3) is 0 Å². The number of nitrogens with zero attached hydrogens (tertiary/aromatic N) is 2. The summed E-state index contributed by atoms with van der Waals surface area (Å²) in [5.74, 6) is 1.83. The van der Waals surface area contributed by atoms with Crippen LogP contribution in [0.2, 0.25) is 0 Å². The predicted molar refractivity (Wildman–Crippen MR) is 73.1 cm³/mol. The number of carbonyl (C=O) groups excluding carboxylic acids is 1. The second-order valence-corrected chi connectivity index (χ2v) is 5.09. The van der Waals surface area contributed by atoms with E-state index in [0.29, 0.717) is 0 Å². The number of hydrogen-bond donors (Lipinski definition) is 1. The third kappa shape index (κ3) is 3.60. The molecule has 1 heterocycles. The molecule has 0 unspecified atom stereocenters. The average Bonchev–Trinajstić information content (AvgIpc) is 2.36. The Morgan fingerprint density at radius 1 is 1.44 bits per heavy atom. The highest BCUT2D eigenvalue weighted by molar-refractivity contribution is 7.99. The van der Waals surface area contributed by atoms with Gasteiger partial charge in [0.1, 0.15) is 16.7 Å². The van der Waals surface area contributed by atoms with E-state index in [1.807, 2.05) is 27.8 Å². The first-order valence-corrected chi connectivity index (χ1v) is 6.74. The second-order valence-electron chi connectivity index (χ2n) is 4.13. The van der Waals surface area contributed by atoms with Crippen molar-refractivity contribution in [3.05, 3.63) is 11.4 Å². The molecule has 0 saturated carbocycles. The Balaban J connectivity index is 3.01. The molecule has 5 nitrogen and oxygen atoms in total. The molecule has 0 amide bonds. The molecule has 1 aromatic rings. The van der Waals surface area contributed by atoms with Crippen LogP contribution in [0.15, 0.2) is 5.03 Å². The summed E-state index contributed by atoms with van der Waals surface area (Å²) >= 11 is 1.38. The Morgan fingerprint density at radius 3 is 2.61 bits per heavy atom. The van der Waals surface area contributed by atoms with Crippen molar-refractivity contribution < 1.29 is 9.53 Å². The summed E-state index contributed by atoms with van der Waals surface area (Å²) in [4.78, 5) is 20.1. The van der Waals surface area contributed by atoms with Gasteiger partial charge in [0, 0.05) is 18.5 Å². The Kier molecular flexibility index (Phi) is 5.40. The smallest absolute Gasteiger partial charge is 0.316 e. The Bertz CT molecular complexity index is 436. The molecule has 0 saturated heterocycles. The summed E-state index contributed by atoms with van der Waals surface area (Å²) < 4.78 is 4.63. The van der Waals surface area contributed by atoms with E-state index in [2.05, 4.69) is 20.0 Å². The minimum atomic E-state index is -0.255. The van der Waals surface area contributed by atoms with Crippen LogP contribution in [0.3, 0.4) is 0 Å². The van der Waals surface area contributed by atoms with Crippen molar-refractivity contribution in [3.63, 3.8) is 0 Å². The maximum atomic E-state index is 11.2. The molecule has 0 radical (unpaired) electrons. The van der Waals surface area contributed by atoms with Crippen LogP contribution in [0.1, 0.15) is 31.2 Å². The predicted octanol–water partition coefficient (Wildman–Crippen LogP) is 2.22. The SMILES string of the molecule is CNc1nc(C(C)C)nc(SCC(=O)OC)c1C. The number of rotatable bonds is 5. The molecular weight excluding hydrogens is 250 g/mol. The average molecular weight is 269 g/mol. The molecule has 18 heavy (non-hydrogen) atoms. The minimum Gasteiger partial charge on any atom is -0.468 e. The monoisotopic (exact) mass is 269 g/mol. The van der Waals surface area contributed by atoms with Crippen molar-refractivity contribution >= 4 is 23.5 Å². The fourth-order valence-electron chi connectivity index (χ4n) is 1.34. The quantitative estimate of drug-likeness (QED) is 0.502. The Hall–Kier alpha value is -1.30. The lowest BCUT2D eigenvalue weighted by atomic mass is 10.2. The third-order valence-electron chi connectivity index (χ3n) is 2.43. The van der Waals surface area contributed by atoms with Crippen LogP contribution in [0.4, 0.5) is 5.82 Å². The van der Waals surface area contributed by atoms with Gasteiger partial charge in [-0.2, -0.15) is 0 Å². The number of methoxy groups -OCH3 is 1. The first-order chi connectivity index (χ1) is 8.49. The van der Waals surface area contributed by atoms with Gasteiger partial charge in [0.25, 0.3) is 0 Å². The molecule has 0 atom stereocenters. The number of esters is 1. The zero-order chi connectivity index (χ0) is 13.7. The van der Waals surface area contributed by atoms with Gasteiger partial charge in [-0.25, -0.2) is 9.97 Å². The van der Waals surface area contributed by atoms with Crippen LogP contribution in [0, 0.1) is 6.92 Å². The normalized spacial score (nSPS) is 10.6. The van der Waals surface area contributed by atoms with Gasteiger partial charge in [-0.3, -0.25) is 4.79 Å². The van der Waals surface area contributed by atoms with Gasteiger partial charge >= 0.3 is 5.97 Å². The number of thioether (sulfide) groups is 1. The molecule has 0 bridgehead atoms. The molecule has 6 heteroatoms. The van der Waals surface area contributed by atoms with Gasteiger partial charge in [0.2, 0.25) is 0 Å². The fourth-order valence-corrected chi connectivity index (χ4v) is 2.18. The van der Waals surface area contributed by atoms with E-state index >= 15 is 0 Å². The highest BCUT2D eigenvalue weighted by Gasteiger charge is 2.14. The maximum absolute atomic E-state index is 11.2. The van der Waals surface area contributed by atoms with Crippen LogP contribution < -0.4 is 5.32 Å². The number of hydrogen-bond acceptors (Lipinski definition) is 6. The molecule has 0 aromatic carbocycles. The number of anilines is 1. The first kappa shape index (κ1) is 14.8. The van der Waals surface area contributed by atoms with E-state index in [0.717, 1.165) is 22.2 Å². The molecule has 0 aliphatic rings. The molecule has 1 N–H and O–H groups in total. The van der Waals surface area contributed by atoms with Gasteiger partial charge in [0.15, 0.2) is 0 Å². The lowest BCUT2D eigenvalue weighted by molar-refractivity contribution is -0.137. The van der Waals surface area contributed by atoms with Gasteiger partial charge in [-0.05, 0) is 6.92 Å². The zero-order valence-electron chi connectivity index (χ0n) is 11.4. The summed E-state index contributed by atoms with van der Waals surface area (Å²) in [5, 5.41) is 3.87. The van der Waals surface area contributed by atoms with Crippen molar-refractivity contribution in [2.75, 3.05) is 25.2 Å². The molecule has 0 fully saturated rings. The van der Waals surface area contributed by atoms with Crippen molar-refractivity contribution in [3.8, 4) is 0 Å². The maximum Gasteiger partial charge on any atom is 0.316 e. The highest BCUT2D eigenvalue weighted by Crippen LogP contribution is 2.26. The Morgan fingerprint density at radius 2 is 2.11 bits per heavy atom. The molecular formula is C12H19N3O2S. The number of carbonyl (C=O) groups is 1.